The summed E-state index contributed by atoms with van der Waals surface area (Å²) in [4.78, 5) is 21.7. The van der Waals surface area contributed by atoms with Gasteiger partial charge in [-0.1, -0.05) is 58.0 Å². The summed E-state index contributed by atoms with van der Waals surface area (Å²) in [6.45, 7) is 6.31. The number of benzene rings is 1. The van der Waals surface area contributed by atoms with Crippen LogP contribution in [0.3, 0.4) is 0 Å². The number of hydrogen-bond acceptors (Lipinski definition) is 8. The van der Waals surface area contributed by atoms with Crippen molar-refractivity contribution < 1.29 is 62.0 Å². The van der Waals surface area contributed by atoms with Crippen molar-refractivity contribution in [2.75, 3.05) is 0 Å². The van der Waals surface area contributed by atoms with E-state index in [1.165, 1.54) is 13.8 Å². The molecule has 0 bridgehead atoms. The molecule has 0 saturated carbocycles. The Kier molecular flexibility index (Phi) is 11.7. The van der Waals surface area contributed by atoms with Gasteiger partial charge in [0.2, 0.25) is 10.7 Å². The minimum atomic E-state index is -5.54. The van der Waals surface area contributed by atoms with E-state index in [2.05, 4.69) is 5.32 Å². The molecule has 0 spiro atoms. The van der Waals surface area contributed by atoms with E-state index < -0.39 is 44.9 Å². The number of nitrogens with two attached hydrogens (primary N) is 1. The zero-order valence-corrected chi connectivity index (χ0v) is 20.8. The van der Waals surface area contributed by atoms with Crippen molar-refractivity contribution in [3.05, 3.63) is 35.9 Å². The first-order valence-electron chi connectivity index (χ1n) is 9.25. The van der Waals surface area contributed by atoms with E-state index in [4.69, 9.17) is 10.5 Å². The van der Waals surface area contributed by atoms with Crippen molar-refractivity contribution >= 4 is 22.0 Å². The monoisotopic (exact) mass is 452 g/mol. The van der Waals surface area contributed by atoms with Crippen LogP contribution >= 0.6 is 0 Å². The fraction of sp³-hybridized carbons (Fsp3) is 0.579. The van der Waals surface area contributed by atoms with Crippen molar-refractivity contribution in [3.8, 4) is 0 Å². The first kappa shape index (κ1) is 29.0. The number of alkyl carbamates (subject to hydrolysis) is 1. The second-order valence-electron chi connectivity index (χ2n) is 7.67. The van der Waals surface area contributed by atoms with Gasteiger partial charge in [-0.3, -0.25) is 4.79 Å². The van der Waals surface area contributed by atoms with Crippen molar-refractivity contribution in [3.63, 3.8) is 0 Å². The van der Waals surface area contributed by atoms with Crippen LogP contribution < -0.4 is 40.6 Å². The summed E-state index contributed by atoms with van der Waals surface area (Å²) >= 11 is 0. The molecule has 1 rings (SSSR count). The van der Waals surface area contributed by atoms with Gasteiger partial charge in [-0.15, -0.1) is 0 Å². The average molecular weight is 453 g/mol. The molecular weight excluding hydrogens is 423 g/mol. The minimum absolute atomic E-state index is 0. The van der Waals surface area contributed by atoms with Gasteiger partial charge in [-0.25, -0.2) is 13.2 Å². The zero-order valence-electron chi connectivity index (χ0n) is 18.0. The molecule has 11 heteroatoms. The molecule has 0 aliphatic heterocycles. The van der Waals surface area contributed by atoms with Crippen molar-refractivity contribution in [1.29, 1.82) is 0 Å². The molecule has 9 nitrogen and oxygen atoms in total. The Morgan fingerprint density at radius 3 is 2.17 bits per heavy atom. The standard InChI is InChI=1S/C19H30N2O7S.Na/c1-12(2)10-15(21-18(23)28-11-14-8-6-5-7-9-14)17(22)19(24,29(25,26)27)16(20)13(3)4;/h5-9,12-13,15-16,24H,10-11,20H2,1-4H3,(H,21,23)(H,25,26,27);/q;+1/p-1/t15-,16?,19?;/m0./s1. The molecular formula is C19H29N2NaO7S. The fourth-order valence-electron chi connectivity index (χ4n) is 2.77. The summed E-state index contributed by atoms with van der Waals surface area (Å²) in [5.41, 5.74) is 6.43. The average Bonchev–Trinajstić information content (AvgIpc) is 2.63. The van der Waals surface area contributed by atoms with Gasteiger partial charge in [0.05, 0.1) is 12.1 Å². The Hall–Kier alpha value is -1.01. The van der Waals surface area contributed by atoms with Crippen LogP contribution in [-0.2, 0) is 26.3 Å². The van der Waals surface area contributed by atoms with Gasteiger partial charge in [-0.2, -0.15) is 0 Å². The Morgan fingerprint density at radius 2 is 1.73 bits per heavy atom. The van der Waals surface area contributed by atoms with Gasteiger partial charge in [0, 0.05) is 0 Å². The molecule has 2 unspecified atom stereocenters. The predicted molar refractivity (Wildman–Crippen MR) is 105 cm³/mol. The van der Waals surface area contributed by atoms with Gasteiger partial charge < -0.3 is 25.4 Å². The van der Waals surface area contributed by atoms with E-state index in [0.717, 1.165) is 0 Å². The Morgan fingerprint density at radius 1 is 1.20 bits per heavy atom. The second kappa shape index (κ2) is 12.1. The van der Waals surface area contributed by atoms with Crippen LogP contribution in [0.15, 0.2) is 30.3 Å². The molecule has 0 fully saturated rings. The Balaban J connectivity index is 0.00000841. The number of carbonyl (C=O) groups excluding carboxylic acids is 2. The Labute approximate surface area is 199 Å². The molecule has 30 heavy (non-hydrogen) atoms. The van der Waals surface area contributed by atoms with Gasteiger partial charge in [-0.05, 0) is 23.8 Å². The minimum Gasteiger partial charge on any atom is -0.745 e. The number of hydrogen-bond donors (Lipinski definition) is 3. The van der Waals surface area contributed by atoms with Crippen LogP contribution in [0.25, 0.3) is 0 Å². The molecule has 0 aliphatic carbocycles. The normalized spacial score (nSPS) is 15.6. The second-order valence-corrected chi connectivity index (χ2v) is 9.20. The molecule has 1 aromatic carbocycles. The van der Waals surface area contributed by atoms with Gasteiger partial charge in [0.15, 0.2) is 0 Å². The summed E-state index contributed by atoms with van der Waals surface area (Å²) in [5.74, 6) is -2.25. The number of nitrogens with one attached hydrogen (secondary N) is 1. The van der Waals surface area contributed by atoms with Crippen LogP contribution in [0.1, 0.15) is 39.7 Å². The first-order chi connectivity index (χ1) is 13.3. The largest absolute Gasteiger partial charge is 1.00 e. The van der Waals surface area contributed by atoms with Crippen LogP contribution in [0.4, 0.5) is 4.79 Å². The number of Topliss-reactive ketones (excluding diaryl/α,β-unsaturated/α-hetero) is 1. The number of aliphatic hydroxyl groups is 1. The van der Waals surface area contributed by atoms with E-state index in [1.54, 1.807) is 44.2 Å². The number of carbonyl (C=O) groups is 2. The molecule has 0 saturated heterocycles. The third-order valence-corrected chi connectivity index (χ3v) is 5.67. The van der Waals surface area contributed by atoms with E-state index in [1.807, 2.05) is 0 Å². The number of amides is 1. The summed E-state index contributed by atoms with van der Waals surface area (Å²) in [6, 6.07) is 5.63. The predicted octanol–water partition coefficient (Wildman–Crippen LogP) is -1.88. The molecule has 1 amide bonds. The molecule has 0 aromatic heterocycles. The third kappa shape index (κ3) is 7.60. The van der Waals surface area contributed by atoms with E-state index in [-0.39, 0.29) is 48.5 Å². The first-order valence-corrected chi connectivity index (χ1v) is 10.7. The molecule has 0 aliphatic rings. The van der Waals surface area contributed by atoms with Crippen LogP contribution in [0.2, 0.25) is 0 Å². The summed E-state index contributed by atoms with van der Waals surface area (Å²) in [7, 11) is -5.54. The number of ketones is 1. The van der Waals surface area contributed by atoms with Crippen LogP contribution in [0.5, 0.6) is 0 Å². The molecule has 164 valence electrons. The number of rotatable bonds is 10. The maximum atomic E-state index is 12.9. The molecule has 3 atom stereocenters. The van der Waals surface area contributed by atoms with Gasteiger partial charge in [0.25, 0.3) is 0 Å². The Bertz CT molecular complexity index is 802. The summed E-state index contributed by atoms with van der Waals surface area (Å²) < 4.78 is 40.4. The van der Waals surface area contributed by atoms with E-state index in [0.29, 0.717) is 5.56 Å². The molecule has 4 N–H and O–H groups in total. The van der Waals surface area contributed by atoms with Crippen LogP contribution in [0, 0.1) is 11.8 Å². The zero-order chi connectivity index (χ0) is 22.4. The molecule has 0 heterocycles. The van der Waals surface area contributed by atoms with Gasteiger partial charge in [0.1, 0.15) is 16.7 Å². The number of ether oxygens (including phenoxy) is 1. The van der Waals surface area contributed by atoms with Gasteiger partial charge >= 0.3 is 35.7 Å². The topological polar surface area (TPSA) is 159 Å². The fourth-order valence-corrected chi connectivity index (χ4v) is 3.76. The third-order valence-electron chi connectivity index (χ3n) is 4.43. The SMILES string of the molecule is CC(C)C[C@H](NC(=O)OCc1ccccc1)C(=O)C(O)(C(N)C(C)C)S(=O)(=O)[O-].[Na+]. The summed E-state index contributed by atoms with van der Waals surface area (Å²) in [5, 5.41) is 12.9. The molecule has 1 aromatic rings. The maximum absolute atomic E-state index is 12.9. The van der Waals surface area contributed by atoms with E-state index in [9.17, 15) is 27.7 Å². The maximum Gasteiger partial charge on any atom is 1.00 e. The quantitative estimate of drug-likeness (QED) is 0.275. The smallest absolute Gasteiger partial charge is 0.745 e. The van der Waals surface area contributed by atoms with Crippen molar-refractivity contribution in [2.24, 2.45) is 17.6 Å². The van der Waals surface area contributed by atoms with Crippen molar-refractivity contribution in [1.82, 2.24) is 5.32 Å². The molecule has 0 radical (unpaired) electrons. The summed E-state index contributed by atoms with van der Waals surface area (Å²) in [6.07, 6.45) is -1.02. The van der Waals surface area contributed by atoms with Crippen molar-refractivity contribution in [2.45, 2.75) is 57.7 Å². The van der Waals surface area contributed by atoms with E-state index >= 15 is 0 Å². The van der Waals surface area contributed by atoms with Crippen LogP contribution in [-0.4, -0.2) is 47.0 Å².